The van der Waals surface area contributed by atoms with Crippen molar-refractivity contribution in [2.75, 3.05) is 0 Å². The van der Waals surface area contributed by atoms with E-state index in [4.69, 9.17) is 11.6 Å². The largest absolute Gasteiger partial charge is 0.477 e. The van der Waals surface area contributed by atoms with Crippen LogP contribution in [0.15, 0.2) is 71.8 Å². The van der Waals surface area contributed by atoms with Crippen molar-refractivity contribution in [3.8, 4) is 17.0 Å². The molecule has 0 aliphatic carbocycles. The maximum absolute atomic E-state index is 13.3. The van der Waals surface area contributed by atoms with Crippen molar-refractivity contribution in [3.05, 3.63) is 93.9 Å². The summed E-state index contributed by atoms with van der Waals surface area (Å²) in [6.07, 6.45) is 3.23. The minimum absolute atomic E-state index is 0.0978. The zero-order chi connectivity index (χ0) is 19.0. The average molecular weight is 383 g/mol. The number of benzene rings is 1. The van der Waals surface area contributed by atoms with Crippen LogP contribution in [-0.2, 0) is 6.54 Å². The van der Waals surface area contributed by atoms with Crippen LogP contribution in [0.5, 0.6) is 5.88 Å². The molecule has 1 N–H and O–H groups in total. The number of halogens is 2. The molecule has 0 saturated carbocycles. The molecule has 5 nitrogen and oxygen atoms in total. The Morgan fingerprint density at radius 2 is 1.89 bits per heavy atom. The third kappa shape index (κ3) is 3.15. The maximum atomic E-state index is 13.3. The van der Waals surface area contributed by atoms with Gasteiger partial charge >= 0.3 is 5.56 Å². The molecule has 0 aliphatic rings. The fourth-order valence-electron chi connectivity index (χ4n) is 2.99. The van der Waals surface area contributed by atoms with Crippen molar-refractivity contribution in [3.63, 3.8) is 0 Å². The van der Waals surface area contributed by atoms with Crippen LogP contribution in [0.2, 0.25) is 5.15 Å². The zero-order valence-corrected chi connectivity index (χ0v) is 14.8. The Labute approximate surface area is 158 Å². The van der Waals surface area contributed by atoms with Gasteiger partial charge in [-0.3, -0.25) is 0 Å². The molecule has 0 bridgehead atoms. The Morgan fingerprint density at radius 1 is 1.11 bits per heavy atom. The number of aromatic nitrogens is 3. The van der Waals surface area contributed by atoms with E-state index in [9.17, 15) is 14.3 Å². The van der Waals surface area contributed by atoms with Gasteiger partial charge in [-0.1, -0.05) is 35.9 Å². The van der Waals surface area contributed by atoms with Crippen LogP contribution in [0, 0.1) is 5.82 Å². The molecule has 3 aromatic heterocycles. The van der Waals surface area contributed by atoms with Gasteiger partial charge in [-0.25, -0.2) is 14.2 Å². The Morgan fingerprint density at radius 3 is 2.59 bits per heavy atom. The molecule has 7 heteroatoms. The summed E-state index contributed by atoms with van der Waals surface area (Å²) in [6.45, 7) is 0.276. The molecular weight excluding hydrogens is 369 g/mol. The van der Waals surface area contributed by atoms with Gasteiger partial charge in [0.1, 0.15) is 17.5 Å². The minimum Gasteiger partial charge on any atom is -0.477 e. The van der Waals surface area contributed by atoms with Crippen molar-refractivity contribution >= 4 is 17.2 Å². The topological polar surface area (TPSA) is 59.2 Å². The van der Waals surface area contributed by atoms with E-state index in [1.54, 1.807) is 47.3 Å². The second-order valence-electron chi connectivity index (χ2n) is 6.01. The SMILES string of the molecule is O=c1c(-c2ccc(F)cc2)c(O)n(Cc2ccc(Cl)nc2)c2cccc[n+]12. The van der Waals surface area contributed by atoms with Gasteiger partial charge in [0, 0.05) is 17.8 Å². The van der Waals surface area contributed by atoms with Crippen LogP contribution in [-0.4, -0.2) is 14.7 Å². The number of fused-ring (bicyclic) bond motifs is 1. The summed E-state index contributed by atoms with van der Waals surface area (Å²) < 4.78 is 16.3. The van der Waals surface area contributed by atoms with E-state index < -0.39 is 5.82 Å². The average Bonchev–Trinajstić information content (AvgIpc) is 2.68. The van der Waals surface area contributed by atoms with Crippen LogP contribution in [0.25, 0.3) is 16.8 Å². The van der Waals surface area contributed by atoms with Gasteiger partial charge in [-0.15, -0.1) is 0 Å². The van der Waals surface area contributed by atoms with Crippen LogP contribution >= 0.6 is 11.6 Å². The first-order valence-electron chi connectivity index (χ1n) is 8.17. The highest BCUT2D eigenvalue weighted by molar-refractivity contribution is 6.29. The highest BCUT2D eigenvalue weighted by Crippen LogP contribution is 2.27. The first-order valence-corrected chi connectivity index (χ1v) is 8.55. The molecule has 4 aromatic rings. The Hall–Kier alpha value is -3.25. The third-order valence-electron chi connectivity index (χ3n) is 4.29. The molecule has 0 atom stereocenters. The summed E-state index contributed by atoms with van der Waals surface area (Å²) in [5.41, 5.74) is 1.45. The number of pyridine rings is 2. The molecule has 27 heavy (non-hydrogen) atoms. The zero-order valence-electron chi connectivity index (χ0n) is 14.0. The molecule has 0 amide bonds. The van der Waals surface area contributed by atoms with Gasteiger partial charge < -0.3 is 5.11 Å². The number of hydrogen-bond donors (Lipinski definition) is 1. The van der Waals surface area contributed by atoms with Crippen LogP contribution in [0.3, 0.4) is 0 Å². The molecule has 0 spiro atoms. The van der Waals surface area contributed by atoms with Crippen molar-refractivity contribution in [2.24, 2.45) is 0 Å². The molecule has 3 heterocycles. The molecule has 134 valence electrons. The fourth-order valence-corrected chi connectivity index (χ4v) is 3.10. The Balaban J connectivity index is 1.98. The summed E-state index contributed by atoms with van der Waals surface area (Å²) in [6, 6.07) is 14.1. The lowest BCUT2D eigenvalue weighted by Crippen LogP contribution is -2.43. The number of hydrogen-bond acceptors (Lipinski definition) is 3. The lowest BCUT2D eigenvalue weighted by molar-refractivity contribution is -0.532. The third-order valence-corrected chi connectivity index (χ3v) is 4.51. The number of nitrogens with zero attached hydrogens (tertiary/aromatic N) is 3. The number of rotatable bonds is 3. The van der Waals surface area contributed by atoms with Gasteiger partial charge in [0.2, 0.25) is 0 Å². The molecule has 0 radical (unpaired) electrons. The first kappa shape index (κ1) is 17.2. The smallest absolute Gasteiger partial charge is 0.354 e. The van der Waals surface area contributed by atoms with Crippen molar-refractivity contribution in [2.45, 2.75) is 6.54 Å². The molecule has 0 unspecified atom stereocenters. The van der Waals surface area contributed by atoms with Gasteiger partial charge in [0.25, 0.3) is 11.5 Å². The summed E-state index contributed by atoms with van der Waals surface area (Å²) in [7, 11) is 0. The van der Waals surface area contributed by atoms with Crippen LogP contribution in [0.4, 0.5) is 4.39 Å². The fraction of sp³-hybridized carbons (Fsp3) is 0.0500. The summed E-state index contributed by atoms with van der Waals surface area (Å²) >= 11 is 5.84. The molecule has 4 rings (SSSR count). The van der Waals surface area contributed by atoms with Crippen molar-refractivity contribution < 1.29 is 13.9 Å². The second-order valence-corrected chi connectivity index (χ2v) is 6.40. The van der Waals surface area contributed by atoms with E-state index >= 15 is 0 Å². The standard InChI is InChI=1S/C20H13ClFN3O2/c21-16-9-4-13(11-23-16)12-25-17-3-1-2-10-24(17)19(26)18(20(25)27)14-5-7-15(22)8-6-14/h1-11H,12H2/p+1. The minimum atomic E-state index is -0.417. The molecule has 0 fully saturated rings. The van der Waals surface area contributed by atoms with Crippen molar-refractivity contribution in [1.29, 1.82) is 0 Å². The molecule has 0 aliphatic heterocycles. The van der Waals surface area contributed by atoms with E-state index in [1.165, 1.54) is 28.7 Å². The predicted molar refractivity (Wildman–Crippen MR) is 99.3 cm³/mol. The monoisotopic (exact) mass is 382 g/mol. The summed E-state index contributed by atoms with van der Waals surface area (Å²) in [4.78, 5) is 17.0. The highest BCUT2D eigenvalue weighted by atomic mass is 35.5. The van der Waals surface area contributed by atoms with E-state index in [2.05, 4.69) is 4.98 Å². The van der Waals surface area contributed by atoms with Crippen LogP contribution in [0.1, 0.15) is 5.56 Å². The molecule has 0 saturated heterocycles. The predicted octanol–water partition coefficient (Wildman–Crippen LogP) is 3.20. The lowest BCUT2D eigenvalue weighted by atomic mass is 10.1. The Bertz CT molecular complexity index is 1190. The van der Waals surface area contributed by atoms with Crippen LogP contribution < -0.4 is 9.96 Å². The quantitative estimate of drug-likeness (QED) is 0.437. The van der Waals surface area contributed by atoms with E-state index in [0.29, 0.717) is 16.4 Å². The maximum Gasteiger partial charge on any atom is 0.354 e. The summed E-state index contributed by atoms with van der Waals surface area (Å²) in [5.74, 6) is -0.619. The highest BCUT2D eigenvalue weighted by Gasteiger charge is 2.25. The summed E-state index contributed by atoms with van der Waals surface area (Å²) in [5, 5.41) is 11.3. The second kappa shape index (κ2) is 6.81. The van der Waals surface area contributed by atoms with E-state index in [1.807, 2.05) is 0 Å². The van der Waals surface area contributed by atoms with Gasteiger partial charge in [-0.2, -0.15) is 8.97 Å². The van der Waals surface area contributed by atoms with Crippen molar-refractivity contribution in [1.82, 2.24) is 9.55 Å². The van der Waals surface area contributed by atoms with E-state index in [0.717, 1.165) is 5.56 Å². The molecular formula is C20H14ClFN3O2+. The Kier molecular flexibility index (Phi) is 4.33. The lowest BCUT2D eigenvalue weighted by Gasteiger charge is -2.10. The van der Waals surface area contributed by atoms with Gasteiger partial charge in [0.15, 0.2) is 5.56 Å². The van der Waals surface area contributed by atoms with E-state index in [-0.39, 0.29) is 23.5 Å². The number of aromatic hydroxyl groups is 1. The molecule has 1 aromatic carbocycles. The first-order chi connectivity index (χ1) is 13.0. The van der Waals surface area contributed by atoms with Gasteiger partial charge in [0.05, 0.1) is 6.20 Å². The normalized spacial score (nSPS) is 11.0. The van der Waals surface area contributed by atoms with Gasteiger partial charge in [-0.05, 0) is 29.8 Å².